The Morgan fingerprint density at radius 1 is 0.927 bits per heavy atom. The largest absolute Gasteiger partial charge is 0.490 e. The van der Waals surface area contributed by atoms with Gasteiger partial charge in [0.1, 0.15) is 0 Å². The van der Waals surface area contributed by atoms with E-state index in [0.29, 0.717) is 25.1 Å². The Kier molecular flexibility index (Phi) is 10.6. The maximum Gasteiger partial charge on any atom is 0.490 e. The highest BCUT2D eigenvalue weighted by atomic mass is 19.4. The monoisotopic (exact) mass is 572 g/mol. The lowest BCUT2D eigenvalue weighted by molar-refractivity contribution is -0.192. The smallest absolute Gasteiger partial charge is 0.475 e. The molecule has 1 fully saturated rings. The molecule has 0 saturated carbocycles. The van der Waals surface area contributed by atoms with Gasteiger partial charge >= 0.3 is 12.1 Å². The summed E-state index contributed by atoms with van der Waals surface area (Å²) in [5, 5.41) is 15.9. The van der Waals surface area contributed by atoms with Gasteiger partial charge in [0.25, 0.3) is 5.91 Å². The van der Waals surface area contributed by atoms with E-state index >= 15 is 0 Å². The van der Waals surface area contributed by atoms with Gasteiger partial charge < -0.3 is 10.0 Å². The molecule has 218 valence electrons. The molecule has 1 aliphatic heterocycles. The molecule has 1 aromatic heterocycles. The molecular formula is C29H31F3N4O5. The zero-order valence-corrected chi connectivity index (χ0v) is 22.5. The van der Waals surface area contributed by atoms with Crippen molar-refractivity contribution < 1.29 is 37.9 Å². The number of hydrogen-bond acceptors (Lipinski definition) is 6. The van der Waals surface area contributed by atoms with Gasteiger partial charge in [-0.05, 0) is 60.4 Å². The van der Waals surface area contributed by atoms with Gasteiger partial charge in [0, 0.05) is 49.7 Å². The van der Waals surface area contributed by atoms with Crippen molar-refractivity contribution in [1.29, 1.82) is 0 Å². The van der Waals surface area contributed by atoms with Crippen LogP contribution in [0.25, 0.3) is 11.1 Å². The number of alkyl halides is 3. The number of rotatable bonds is 6. The zero-order chi connectivity index (χ0) is 30.2. The number of nitrogens with zero attached hydrogens (tertiary/aromatic N) is 3. The average Bonchev–Trinajstić information content (AvgIpc) is 2.95. The van der Waals surface area contributed by atoms with Crippen LogP contribution in [0.3, 0.4) is 0 Å². The topological polar surface area (TPSA) is 123 Å². The van der Waals surface area contributed by atoms with E-state index in [0.717, 1.165) is 28.8 Å². The molecule has 0 spiro atoms. The summed E-state index contributed by atoms with van der Waals surface area (Å²) < 4.78 is 31.7. The van der Waals surface area contributed by atoms with E-state index in [9.17, 15) is 22.8 Å². The fourth-order valence-electron chi connectivity index (χ4n) is 4.60. The van der Waals surface area contributed by atoms with Crippen molar-refractivity contribution in [1.82, 2.24) is 20.3 Å². The van der Waals surface area contributed by atoms with Gasteiger partial charge in [-0.25, -0.2) is 10.3 Å². The number of carboxylic acid groups (broad SMARTS) is 1. The van der Waals surface area contributed by atoms with Crippen molar-refractivity contribution >= 4 is 17.8 Å². The highest BCUT2D eigenvalue weighted by molar-refractivity contribution is 5.93. The van der Waals surface area contributed by atoms with Gasteiger partial charge in [0.15, 0.2) is 0 Å². The first-order valence-corrected chi connectivity index (χ1v) is 12.8. The SMILES string of the molecule is C[C@@H]1CN(C(=O)Cc2cccc(-c3ccncc3)c2)C[C@H](C)N1Cc1ccc(C(=O)NO)cc1.O=C(O)C(F)(F)F. The molecule has 2 aromatic carbocycles. The molecule has 41 heavy (non-hydrogen) atoms. The van der Waals surface area contributed by atoms with E-state index in [4.69, 9.17) is 15.1 Å². The molecule has 4 rings (SSSR count). The van der Waals surface area contributed by atoms with Crippen molar-refractivity contribution in [2.45, 2.75) is 45.1 Å². The van der Waals surface area contributed by atoms with Crippen LogP contribution in [0.1, 0.15) is 35.3 Å². The van der Waals surface area contributed by atoms with Gasteiger partial charge in [-0.15, -0.1) is 0 Å². The lowest BCUT2D eigenvalue weighted by atomic mass is 10.0. The second-order valence-electron chi connectivity index (χ2n) is 9.72. The number of benzene rings is 2. The number of carboxylic acids is 1. The van der Waals surface area contributed by atoms with Crippen LogP contribution in [-0.4, -0.2) is 74.2 Å². The van der Waals surface area contributed by atoms with E-state index in [1.807, 2.05) is 41.3 Å². The van der Waals surface area contributed by atoms with Crippen LogP contribution in [0.5, 0.6) is 0 Å². The van der Waals surface area contributed by atoms with Crippen molar-refractivity contribution in [2.24, 2.45) is 0 Å². The first-order chi connectivity index (χ1) is 19.4. The molecule has 2 amide bonds. The molecule has 9 nitrogen and oxygen atoms in total. The highest BCUT2D eigenvalue weighted by Crippen LogP contribution is 2.23. The molecule has 1 saturated heterocycles. The number of halogens is 3. The van der Waals surface area contributed by atoms with Gasteiger partial charge in [-0.2, -0.15) is 13.2 Å². The average molecular weight is 573 g/mol. The molecular weight excluding hydrogens is 541 g/mol. The summed E-state index contributed by atoms with van der Waals surface area (Å²) in [6, 6.07) is 19.7. The Labute approximate surface area is 235 Å². The molecule has 3 N–H and O–H groups in total. The predicted molar refractivity (Wildman–Crippen MR) is 144 cm³/mol. The van der Waals surface area contributed by atoms with Gasteiger partial charge in [0.2, 0.25) is 5.91 Å². The molecule has 0 bridgehead atoms. The minimum Gasteiger partial charge on any atom is -0.475 e. The van der Waals surface area contributed by atoms with Crippen molar-refractivity contribution in [2.75, 3.05) is 13.1 Å². The Bertz CT molecular complexity index is 1320. The first kappa shape index (κ1) is 31.2. The molecule has 0 unspecified atom stereocenters. The summed E-state index contributed by atoms with van der Waals surface area (Å²) in [6.07, 6.45) is -1.15. The van der Waals surface area contributed by atoms with E-state index in [1.165, 1.54) is 0 Å². The first-order valence-electron chi connectivity index (χ1n) is 12.8. The number of aliphatic carboxylic acids is 1. The van der Waals surface area contributed by atoms with Crippen LogP contribution in [0, 0.1) is 0 Å². The van der Waals surface area contributed by atoms with Crippen molar-refractivity contribution in [3.8, 4) is 11.1 Å². The Balaban J connectivity index is 0.000000587. The van der Waals surface area contributed by atoms with Crippen LogP contribution >= 0.6 is 0 Å². The van der Waals surface area contributed by atoms with Crippen molar-refractivity contribution in [3.63, 3.8) is 0 Å². The number of nitrogens with one attached hydrogen (secondary N) is 1. The normalized spacial score (nSPS) is 17.3. The lowest BCUT2D eigenvalue weighted by Gasteiger charge is -2.44. The standard InChI is InChI=1S/C27H30N4O3.C2HF3O2/c1-19-16-30(17-20(2)31(19)18-21-6-8-24(9-7-21)27(33)29-34)26(32)15-22-4-3-5-25(14-22)23-10-12-28-13-11-23;3-2(4,5)1(6)7/h3-14,19-20,34H,15-18H2,1-2H3,(H,29,33);(H,6,7)/t19-,20+;. The van der Waals surface area contributed by atoms with E-state index in [1.54, 1.807) is 30.0 Å². The molecule has 12 heteroatoms. The summed E-state index contributed by atoms with van der Waals surface area (Å²) in [6.45, 7) is 6.39. The molecule has 2 heterocycles. The van der Waals surface area contributed by atoms with Crippen molar-refractivity contribution in [3.05, 3.63) is 89.7 Å². The van der Waals surface area contributed by atoms with E-state index in [2.05, 4.69) is 35.9 Å². The van der Waals surface area contributed by atoms with Gasteiger partial charge in [-0.3, -0.25) is 24.7 Å². The number of aromatic nitrogens is 1. The second-order valence-corrected chi connectivity index (χ2v) is 9.72. The summed E-state index contributed by atoms with van der Waals surface area (Å²) >= 11 is 0. The number of piperazine rings is 1. The Morgan fingerprint density at radius 3 is 2.05 bits per heavy atom. The number of carbonyl (C=O) groups excluding carboxylic acids is 2. The van der Waals surface area contributed by atoms with Gasteiger partial charge in [0.05, 0.1) is 6.42 Å². The van der Waals surface area contributed by atoms with E-state index < -0.39 is 18.1 Å². The van der Waals surface area contributed by atoms with E-state index in [-0.39, 0.29) is 18.0 Å². The molecule has 0 radical (unpaired) electrons. The maximum atomic E-state index is 13.1. The maximum absolute atomic E-state index is 13.1. The molecule has 1 aliphatic rings. The van der Waals surface area contributed by atoms with Gasteiger partial charge in [-0.1, -0.05) is 36.4 Å². The highest BCUT2D eigenvalue weighted by Gasteiger charge is 2.38. The number of carbonyl (C=O) groups is 3. The lowest BCUT2D eigenvalue weighted by Crippen LogP contribution is -2.57. The third-order valence-corrected chi connectivity index (χ3v) is 6.68. The number of hydroxylamine groups is 1. The van der Waals surface area contributed by atoms with Crippen LogP contribution < -0.4 is 5.48 Å². The summed E-state index contributed by atoms with van der Waals surface area (Å²) in [5.41, 5.74) is 6.33. The summed E-state index contributed by atoms with van der Waals surface area (Å²) in [4.78, 5) is 42.0. The predicted octanol–water partition coefficient (Wildman–Crippen LogP) is 4.16. The Hall–Kier alpha value is -4.29. The summed E-state index contributed by atoms with van der Waals surface area (Å²) in [5.74, 6) is -3.14. The number of hydrogen-bond donors (Lipinski definition) is 3. The van der Waals surface area contributed by atoms with Crippen LogP contribution in [-0.2, 0) is 22.6 Å². The fourth-order valence-corrected chi connectivity index (χ4v) is 4.60. The van der Waals surface area contributed by atoms with Crippen LogP contribution in [0.4, 0.5) is 13.2 Å². The number of pyridine rings is 1. The quantitative estimate of drug-likeness (QED) is 0.299. The molecule has 2 atom stereocenters. The van der Waals surface area contributed by atoms with Crippen LogP contribution in [0.15, 0.2) is 73.1 Å². The minimum absolute atomic E-state index is 0.143. The van der Waals surface area contributed by atoms with Crippen LogP contribution in [0.2, 0.25) is 0 Å². The third kappa shape index (κ3) is 8.85. The third-order valence-electron chi connectivity index (χ3n) is 6.68. The molecule has 0 aliphatic carbocycles. The summed E-state index contributed by atoms with van der Waals surface area (Å²) in [7, 11) is 0. The Morgan fingerprint density at radius 2 is 1.51 bits per heavy atom. The zero-order valence-electron chi connectivity index (χ0n) is 22.5. The molecule has 3 aromatic rings. The number of amides is 2. The second kappa shape index (κ2) is 13.9. The minimum atomic E-state index is -5.08. The fraction of sp³-hybridized carbons (Fsp3) is 0.310.